The molecule has 3 rings (SSSR count). The van der Waals surface area contributed by atoms with Crippen molar-refractivity contribution in [2.75, 3.05) is 0 Å². The van der Waals surface area contributed by atoms with Crippen LogP contribution in [0.1, 0.15) is 31.2 Å². The molecule has 1 amide bonds. The highest BCUT2D eigenvalue weighted by Crippen LogP contribution is 2.52. The summed E-state index contributed by atoms with van der Waals surface area (Å²) in [5, 5.41) is 3.10. The van der Waals surface area contributed by atoms with Crippen molar-refractivity contribution < 1.29 is 4.79 Å². The number of allylic oxidation sites excluding steroid dienone is 2. The molecule has 3 atom stereocenters. The molecule has 0 bridgehead atoms. The maximum Gasteiger partial charge on any atom is 0.223 e. The Balaban J connectivity index is 1.52. The molecule has 19 heavy (non-hydrogen) atoms. The zero-order valence-corrected chi connectivity index (χ0v) is 11.2. The van der Waals surface area contributed by atoms with Crippen molar-refractivity contribution in [1.29, 1.82) is 0 Å². The van der Waals surface area contributed by atoms with E-state index in [-0.39, 0.29) is 11.8 Å². The summed E-state index contributed by atoms with van der Waals surface area (Å²) in [7, 11) is 0. The molecule has 0 heterocycles. The third-order valence-electron chi connectivity index (χ3n) is 4.44. The Hall–Kier alpha value is -1.57. The van der Waals surface area contributed by atoms with Gasteiger partial charge in [0.2, 0.25) is 5.91 Å². The number of nitrogens with one attached hydrogen (secondary N) is 1. The fourth-order valence-electron chi connectivity index (χ4n) is 3.34. The van der Waals surface area contributed by atoms with Crippen LogP contribution in [-0.2, 0) is 11.3 Å². The van der Waals surface area contributed by atoms with Crippen LogP contribution in [0.4, 0.5) is 0 Å². The van der Waals surface area contributed by atoms with Crippen molar-refractivity contribution in [1.82, 2.24) is 5.32 Å². The van der Waals surface area contributed by atoms with E-state index in [1.54, 1.807) is 0 Å². The third kappa shape index (κ3) is 2.89. The van der Waals surface area contributed by atoms with Crippen molar-refractivity contribution in [3.63, 3.8) is 0 Å². The number of hydrogen-bond acceptors (Lipinski definition) is 1. The summed E-state index contributed by atoms with van der Waals surface area (Å²) in [4.78, 5) is 12.2. The van der Waals surface area contributed by atoms with Crippen LogP contribution < -0.4 is 5.32 Å². The monoisotopic (exact) mass is 255 g/mol. The Labute approximate surface area is 114 Å². The van der Waals surface area contributed by atoms with E-state index >= 15 is 0 Å². The highest BCUT2D eigenvalue weighted by molar-refractivity contribution is 5.82. The van der Waals surface area contributed by atoms with Crippen LogP contribution in [0.15, 0.2) is 42.5 Å². The number of hydrogen-bond donors (Lipinski definition) is 1. The number of carbonyl (C=O) groups is 1. The van der Waals surface area contributed by atoms with Gasteiger partial charge in [0, 0.05) is 12.5 Å². The molecule has 0 radical (unpaired) electrons. The molecule has 1 aromatic rings. The Kier molecular flexibility index (Phi) is 3.67. The smallest absolute Gasteiger partial charge is 0.223 e. The van der Waals surface area contributed by atoms with Crippen molar-refractivity contribution in [3.05, 3.63) is 48.0 Å². The van der Waals surface area contributed by atoms with Crippen molar-refractivity contribution in [2.45, 2.75) is 32.2 Å². The van der Waals surface area contributed by atoms with Crippen LogP contribution >= 0.6 is 0 Å². The molecule has 2 nitrogen and oxygen atoms in total. The van der Waals surface area contributed by atoms with E-state index in [0.29, 0.717) is 18.4 Å². The van der Waals surface area contributed by atoms with E-state index in [2.05, 4.69) is 29.6 Å². The van der Waals surface area contributed by atoms with Crippen molar-refractivity contribution >= 4 is 5.91 Å². The molecule has 1 saturated carbocycles. The van der Waals surface area contributed by atoms with E-state index < -0.39 is 0 Å². The van der Waals surface area contributed by atoms with E-state index in [1.807, 2.05) is 18.2 Å². The molecule has 1 N–H and O–H groups in total. The van der Waals surface area contributed by atoms with Gasteiger partial charge >= 0.3 is 0 Å². The first-order valence-corrected chi connectivity index (χ1v) is 7.33. The number of rotatable bonds is 3. The maximum atomic E-state index is 12.2. The molecule has 2 heteroatoms. The van der Waals surface area contributed by atoms with Crippen LogP contribution in [0, 0.1) is 17.8 Å². The van der Waals surface area contributed by atoms with E-state index in [9.17, 15) is 4.79 Å². The van der Waals surface area contributed by atoms with Crippen LogP contribution in [0.3, 0.4) is 0 Å². The zero-order chi connectivity index (χ0) is 13.1. The third-order valence-corrected chi connectivity index (χ3v) is 4.44. The molecule has 2 aliphatic rings. The number of benzene rings is 1. The van der Waals surface area contributed by atoms with E-state index in [4.69, 9.17) is 0 Å². The summed E-state index contributed by atoms with van der Waals surface area (Å²) >= 11 is 0. The second-order valence-electron chi connectivity index (χ2n) is 5.68. The van der Waals surface area contributed by atoms with Gasteiger partial charge in [0.1, 0.15) is 0 Å². The molecule has 1 aromatic carbocycles. The minimum atomic E-state index is 0.265. The van der Waals surface area contributed by atoms with Gasteiger partial charge in [0.15, 0.2) is 0 Å². The Bertz CT molecular complexity index is 449. The molecular weight excluding hydrogens is 234 g/mol. The Morgan fingerprint density at radius 3 is 2.32 bits per heavy atom. The van der Waals surface area contributed by atoms with Crippen LogP contribution in [-0.4, -0.2) is 5.91 Å². The lowest BCUT2D eigenvalue weighted by Crippen LogP contribution is -2.25. The predicted octanol–water partition coefficient (Wildman–Crippen LogP) is 3.30. The van der Waals surface area contributed by atoms with Gasteiger partial charge in [0.25, 0.3) is 0 Å². The summed E-state index contributed by atoms with van der Waals surface area (Å²) in [6.07, 6.45) is 9.20. The maximum absolute atomic E-state index is 12.2. The molecule has 0 aliphatic heterocycles. The zero-order valence-electron chi connectivity index (χ0n) is 11.2. The van der Waals surface area contributed by atoms with Crippen LogP contribution in [0.25, 0.3) is 0 Å². The Morgan fingerprint density at radius 2 is 1.68 bits per heavy atom. The average Bonchev–Trinajstić information content (AvgIpc) is 3.08. The fourth-order valence-corrected chi connectivity index (χ4v) is 3.34. The molecular formula is C17H21NO. The first-order chi connectivity index (χ1) is 9.36. The van der Waals surface area contributed by atoms with E-state index in [0.717, 1.165) is 12.8 Å². The number of carbonyl (C=O) groups excluding carboxylic acids is 1. The highest BCUT2D eigenvalue weighted by Gasteiger charge is 2.52. The fraction of sp³-hybridized carbons (Fsp3) is 0.471. The van der Waals surface area contributed by atoms with Crippen LogP contribution in [0.2, 0.25) is 0 Å². The summed E-state index contributed by atoms with van der Waals surface area (Å²) in [5.41, 5.74) is 1.18. The molecule has 0 aromatic heterocycles. The normalized spacial score (nSPS) is 30.6. The minimum Gasteiger partial charge on any atom is -0.352 e. The molecule has 2 aliphatic carbocycles. The number of fused-ring (bicyclic) bond motifs is 1. The van der Waals surface area contributed by atoms with Crippen molar-refractivity contribution in [2.24, 2.45) is 17.8 Å². The van der Waals surface area contributed by atoms with Gasteiger partial charge in [0.05, 0.1) is 0 Å². The van der Waals surface area contributed by atoms with Gasteiger partial charge in [-0.15, -0.1) is 0 Å². The summed E-state index contributed by atoms with van der Waals surface area (Å²) in [6.45, 7) is 0.661. The standard InChI is InChI=1S/C17H21NO/c19-17(18-12-13-8-4-3-5-9-13)16-14-10-6-1-2-7-11-15(14)16/h1-5,8-9,14-16H,6-7,10-12H2,(H,18,19)/b2-1+/t14-,15+,16?. The molecule has 100 valence electrons. The minimum absolute atomic E-state index is 0.265. The molecule has 1 unspecified atom stereocenters. The summed E-state index contributed by atoms with van der Waals surface area (Å²) in [6, 6.07) is 10.1. The second-order valence-corrected chi connectivity index (χ2v) is 5.68. The molecule has 1 fully saturated rings. The first-order valence-electron chi connectivity index (χ1n) is 7.33. The SMILES string of the molecule is O=C(NCc1ccccc1)C1[C@H]2CC/C=C/CC[C@@H]12. The summed E-state index contributed by atoms with van der Waals surface area (Å²) in [5.74, 6) is 1.82. The van der Waals surface area contributed by atoms with Gasteiger partial charge in [-0.2, -0.15) is 0 Å². The highest BCUT2D eigenvalue weighted by atomic mass is 16.2. The molecule has 0 spiro atoms. The quantitative estimate of drug-likeness (QED) is 0.825. The second kappa shape index (κ2) is 5.60. The Morgan fingerprint density at radius 1 is 1.05 bits per heavy atom. The lowest BCUT2D eigenvalue weighted by molar-refractivity contribution is -0.123. The van der Waals surface area contributed by atoms with Crippen molar-refractivity contribution in [3.8, 4) is 0 Å². The lowest BCUT2D eigenvalue weighted by Gasteiger charge is -2.04. The first kappa shape index (κ1) is 12.5. The average molecular weight is 255 g/mol. The molecule has 0 saturated heterocycles. The van der Waals surface area contributed by atoms with Gasteiger partial charge in [-0.1, -0.05) is 42.5 Å². The van der Waals surface area contributed by atoms with Crippen LogP contribution in [0.5, 0.6) is 0 Å². The summed E-state index contributed by atoms with van der Waals surface area (Å²) < 4.78 is 0. The van der Waals surface area contributed by atoms with E-state index in [1.165, 1.54) is 18.4 Å². The lowest BCUT2D eigenvalue weighted by atomic mass is 10.1. The predicted molar refractivity (Wildman–Crippen MR) is 76.4 cm³/mol. The van der Waals surface area contributed by atoms with Gasteiger partial charge < -0.3 is 5.32 Å². The van der Waals surface area contributed by atoms with Gasteiger partial charge in [-0.05, 0) is 43.1 Å². The van der Waals surface area contributed by atoms with Gasteiger partial charge in [-0.3, -0.25) is 4.79 Å². The topological polar surface area (TPSA) is 29.1 Å². The van der Waals surface area contributed by atoms with Gasteiger partial charge in [-0.25, -0.2) is 0 Å². The largest absolute Gasteiger partial charge is 0.352 e. The number of amides is 1.